The summed E-state index contributed by atoms with van der Waals surface area (Å²) < 4.78 is 73.7. The minimum absolute atomic E-state index is 0.248. The van der Waals surface area contributed by atoms with Crippen LogP contribution in [0.15, 0.2) is 35.2 Å². The summed E-state index contributed by atoms with van der Waals surface area (Å²) in [5, 5.41) is 0. The van der Waals surface area contributed by atoms with E-state index in [1.54, 1.807) is 27.7 Å². The molecule has 0 fully saturated rings. The zero-order chi connectivity index (χ0) is 23.7. The van der Waals surface area contributed by atoms with E-state index in [0.29, 0.717) is 52.3 Å². The van der Waals surface area contributed by atoms with Gasteiger partial charge in [0.2, 0.25) is 0 Å². The van der Waals surface area contributed by atoms with Crippen LogP contribution < -0.4 is 0 Å². The summed E-state index contributed by atoms with van der Waals surface area (Å²) in [6.07, 6.45) is -2.61. The van der Waals surface area contributed by atoms with Gasteiger partial charge in [0, 0.05) is 30.0 Å². The molecular formula is C23H25BF5N3. The van der Waals surface area contributed by atoms with Gasteiger partial charge in [-0.15, -0.1) is 0 Å². The third-order valence-corrected chi connectivity index (χ3v) is 6.84. The van der Waals surface area contributed by atoms with E-state index in [0.717, 1.165) is 32.4 Å². The Morgan fingerprint density at radius 3 is 2.19 bits per heavy atom. The lowest BCUT2D eigenvalue weighted by Crippen LogP contribution is -2.51. The van der Waals surface area contributed by atoms with Crippen molar-refractivity contribution in [1.82, 2.24) is 9.46 Å². The second-order valence-electron chi connectivity index (χ2n) is 8.42. The fourth-order valence-electron chi connectivity index (χ4n) is 5.43. The monoisotopic (exact) mass is 449 g/mol. The molecule has 0 saturated carbocycles. The molecule has 2 aromatic heterocycles. The molecule has 32 heavy (non-hydrogen) atoms. The Labute approximate surface area is 184 Å². The van der Waals surface area contributed by atoms with Gasteiger partial charge >= 0.3 is 13.1 Å². The number of halogens is 5. The Morgan fingerprint density at radius 1 is 1.03 bits per heavy atom. The zero-order valence-electron chi connectivity index (χ0n) is 19.0. The maximum Gasteiger partial charge on any atom is 0.737 e. The molecule has 0 aliphatic carbocycles. The molecule has 0 unspecified atom stereocenters. The van der Waals surface area contributed by atoms with E-state index < -0.39 is 18.7 Å². The summed E-state index contributed by atoms with van der Waals surface area (Å²) in [5.41, 5.74) is 4.53. The third-order valence-electron chi connectivity index (χ3n) is 6.84. The first-order valence-electron chi connectivity index (χ1n) is 10.7. The Kier molecular flexibility index (Phi) is 5.03. The quantitative estimate of drug-likeness (QED) is 0.399. The summed E-state index contributed by atoms with van der Waals surface area (Å²) in [4.78, 5) is 4.10. The first-order valence-corrected chi connectivity index (χ1v) is 10.7. The Bertz CT molecular complexity index is 1230. The molecule has 0 spiro atoms. The minimum Gasteiger partial charge on any atom is -0.393 e. The van der Waals surface area contributed by atoms with Crippen LogP contribution in [-0.4, -0.2) is 26.6 Å². The van der Waals surface area contributed by atoms with Crippen LogP contribution in [0.1, 0.15) is 67.9 Å². The fourth-order valence-corrected chi connectivity index (χ4v) is 5.43. The Hall–Kier alpha value is -2.71. The normalized spacial score (nSPS) is 18.0. The van der Waals surface area contributed by atoms with Crippen molar-refractivity contribution in [2.75, 3.05) is 0 Å². The van der Waals surface area contributed by atoms with Crippen molar-refractivity contribution < 1.29 is 26.3 Å². The van der Waals surface area contributed by atoms with Gasteiger partial charge in [0.15, 0.2) is 5.70 Å². The molecule has 2 aliphatic heterocycles. The van der Waals surface area contributed by atoms with Crippen LogP contribution in [0.2, 0.25) is 0 Å². The average molecular weight is 449 g/mol. The van der Waals surface area contributed by atoms with Crippen molar-refractivity contribution in [1.29, 1.82) is 0 Å². The number of hydrogen-bond acceptors (Lipinski definition) is 1. The van der Waals surface area contributed by atoms with Crippen LogP contribution in [-0.2, 0) is 12.6 Å². The maximum atomic E-state index is 16.1. The van der Waals surface area contributed by atoms with Crippen molar-refractivity contribution in [2.45, 2.75) is 60.6 Å². The van der Waals surface area contributed by atoms with Crippen LogP contribution in [0.3, 0.4) is 0 Å². The summed E-state index contributed by atoms with van der Waals surface area (Å²) in [6.45, 7) is 6.61. The largest absolute Gasteiger partial charge is 0.737 e. The van der Waals surface area contributed by atoms with Crippen LogP contribution in [0, 0.1) is 13.8 Å². The van der Waals surface area contributed by atoms with Crippen LogP contribution in [0.5, 0.6) is 0 Å². The van der Waals surface area contributed by atoms with Gasteiger partial charge in [-0.1, -0.05) is 13.8 Å². The van der Waals surface area contributed by atoms with E-state index in [4.69, 9.17) is 0 Å². The van der Waals surface area contributed by atoms with E-state index in [1.807, 2.05) is 13.8 Å². The highest BCUT2D eigenvalue weighted by atomic mass is 19.4. The molecular weight excluding hydrogens is 424 g/mol. The highest BCUT2D eigenvalue weighted by Crippen LogP contribution is 2.46. The molecule has 0 N–H and O–H groups in total. The second-order valence-corrected chi connectivity index (χ2v) is 8.42. The van der Waals surface area contributed by atoms with Gasteiger partial charge in [-0.3, -0.25) is 4.98 Å². The molecule has 3 nitrogen and oxygen atoms in total. The molecule has 170 valence electrons. The number of rotatable bonds is 3. The van der Waals surface area contributed by atoms with Crippen LogP contribution in [0.25, 0.3) is 5.57 Å². The van der Waals surface area contributed by atoms with Gasteiger partial charge in [-0.2, -0.15) is 13.2 Å². The molecule has 0 saturated heterocycles. The van der Waals surface area contributed by atoms with Crippen LogP contribution in [0.4, 0.5) is 21.8 Å². The number of aromatic nitrogens is 2. The lowest BCUT2D eigenvalue weighted by molar-refractivity contribution is -0.363. The highest BCUT2D eigenvalue weighted by molar-refractivity contribution is 6.58. The predicted octanol–water partition coefficient (Wildman–Crippen LogP) is 6.29. The van der Waals surface area contributed by atoms with Gasteiger partial charge in [0.1, 0.15) is 5.71 Å². The van der Waals surface area contributed by atoms with Crippen molar-refractivity contribution in [3.8, 4) is 0 Å². The number of fused-ring (bicyclic) bond motifs is 2. The summed E-state index contributed by atoms with van der Waals surface area (Å²) in [6, 6.07) is 2.24. The van der Waals surface area contributed by atoms with Gasteiger partial charge in [0.05, 0.1) is 16.8 Å². The van der Waals surface area contributed by atoms with Crippen molar-refractivity contribution >= 4 is 18.3 Å². The number of nitrogens with zero attached hydrogens (tertiary/aromatic N) is 3. The molecule has 9 heteroatoms. The fraction of sp³-hybridized carbons (Fsp3) is 0.391. The molecule has 0 amide bonds. The van der Waals surface area contributed by atoms with Crippen molar-refractivity contribution in [3.63, 3.8) is 0 Å². The summed E-state index contributed by atoms with van der Waals surface area (Å²) in [7, 11) is 0. The van der Waals surface area contributed by atoms with Crippen LogP contribution >= 0.6 is 0 Å². The molecule has 0 aromatic carbocycles. The third kappa shape index (κ3) is 2.86. The first kappa shape index (κ1) is 22.5. The number of alkyl halides is 3. The van der Waals surface area contributed by atoms with E-state index in [1.165, 1.54) is 6.07 Å². The number of allylic oxidation sites excluding steroid dienone is 2. The average Bonchev–Trinajstić information content (AvgIpc) is 3.12. The number of pyridine rings is 1. The minimum atomic E-state index is -4.52. The molecule has 0 bridgehead atoms. The predicted molar refractivity (Wildman–Crippen MR) is 116 cm³/mol. The lowest BCUT2D eigenvalue weighted by Gasteiger charge is -2.33. The summed E-state index contributed by atoms with van der Waals surface area (Å²) >= 11 is 0. The SMILES string of the molecule is CCC1=C(C)C2=C(c3ccc(C(F)(F)F)cn3)c3c(C)c(CC)c(C)n3[B-](F)(F)[N+]2=C1C. The van der Waals surface area contributed by atoms with E-state index >= 15 is 8.63 Å². The molecule has 2 aromatic rings. The van der Waals surface area contributed by atoms with Gasteiger partial charge in [-0.25, -0.2) is 0 Å². The van der Waals surface area contributed by atoms with E-state index in [9.17, 15) is 13.2 Å². The molecule has 4 rings (SSSR count). The van der Waals surface area contributed by atoms with Gasteiger partial charge < -0.3 is 17.6 Å². The van der Waals surface area contributed by atoms with Crippen molar-refractivity contribution in [2.24, 2.45) is 0 Å². The zero-order valence-corrected chi connectivity index (χ0v) is 19.0. The summed E-state index contributed by atoms with van der Waals surface area (Å²) in [5.74, 6) is 0. The first-order chi connectivity index (χ1) is 14.9. The standard InChI is InChI=1S/C23H25BF5N3/c1-7-17-12(3)21-20(19-10-9-16(11-30-19)23(25,26)27)22-13(4)18(8-2)15(6)32(22)24(28,29)31(21)14(17)5/h9-11H,7-8H2,1-6H3. The Balaban J connectivity index is 2.15. The molecule has 4 heterocycles. The topological polar surface area (TPSA) is 20.8 Å². The second kappa shape index (κ2) is 7.15. The lowest BCUT2D eigenvalue weighted by atomic mass is 9.85. The maximum absolute atomic E-state index is 16.1. The molecule has 0 atom stereocenters. The van der Waals surface area contributed by atoms with Crippen molar-refractivity contribution in [3.05, 3.63) is 68.9 Å². The van der Waals surface area contributed by atoms with Gasteiger partial charge in [0.25, 0.3) is 0 Å². The number of hydrogen-bond donors (Lipinski definition) is 0. The molecule has 2 aliphatic rings. The Morgan fingerprint density at radius 2 is 1.69 bits per heavy atom. The smallest absolute Gasteiger partial charge is 0.393 e. The van der Waals surface area contributed by atoms with E-state index in [-0.39, 0.29) is 5.69 Å². The highest BCUT2D eigenvalue weighted by Gasteiger charge is 2.57. The van der Waals surface area contributed by atoms with Gasteiger partial charge in [-0.05, 0) is 62.6 Å². The molecule has 0 radical (unpaired) electrons. The van der Waals surface area contributed by atoms with E-state index in [2.05, 4.69) is 4.98 Å².